The van der Waals surface area contributed by atoms with Crippen molar-refractivity contribution in [1.82, 2.24) is 10.2 Å². The number of nitrogens with one attached hydrogen (secondary N) is 1. The van der Waals surface area contributed by atoms with Gasteiger partial charge in [-0.05, 0) is 54.4 Å². The quantitative estimate of drug-likeness (QED) is 0.433. The Bertz CT molecular complexity index is 1320. The summed E-state index contributed by atoms with van der Waals surface area (Å²) in [7, 11) is 3.16. The van der Waals surface area contributed by atoms with E-state index in [1.54, 1.807) is 14.2 Å². The number of amides is 1. The number of amidine groups is 1. The minimum absolute atomic E-state index is 0.0458. The molecule has 38 heavy (non-hydrogen) atoms. The van der Waals surface area contributed by atoms with E-state index in [0.29, 0.717) is 40.4 Å². The number of esters is 1. The summed E-state index contributed by atoms with van der Waals surface area (Å²) in [6.07, 6.45) is 2.53. The zero-order valence-corrected chi connectivity index (χ0v) is 22.5. The minimum atomic E-state index is -0.553. The van der Waals surface area contributed by atoms with Gasteiger partial charge in [0, 0.05) is 12.2 Å². The van der Waals surface area contributed by atoms with Gasteiger partial charge in [-0.3, -0.25) is 4.79 Å². The summed E-state index contributed by atoms with van der Waals surface area (Å²) in [5.74, 6) is 1.22. The van der Waals surface area contributed by atoms with E-state index in [1.165, 1.54) is 24.6 Å². The summed E-state index contributed by atoms with van der Waals surface area (Å²) in [5.41, 5.74) is 3.47. The lowest BCUT2D eigenvalue weighted by molar-refractivity contribution is -0.141. The highest BCUT2D eigenvalue weighted by Gasteiger charge is 2.41. The third kappa shape index (κ3) is 5.57. The van der Waals surface area contributed by atoms with E-state index < -0.39 is 12.0 Å². The zero-order chi connectivity index (χ0) is 26.6. The fourth-order valence-electron chi connectivity index (χ4n) is 4.58. The van der Waals surface area contributed by atoms with Crippen molar-refractivity contribution in [3.05, 3.63) is 82.0 Å². The first-order valence-electron chi connectivity index (χ1n) is 12.6. The zero-order valence-electron chi connectivity index (χ0n) is 21.7. The number of nitrogens with zero attached hydrogens (tertiary/aromatic N) is 2. The van der Waals surface area contributed by atoms with Gasteiger partial charge in [0.05, 0.1) is 38.0 Å². The van der Waals surface area contributed by atoms with Gasteiger partial charge in [-0.2, -0.15) is 0 Å². The molecule has 1 amide bonds. The molecule has 1 atom stereocenters. The van der Waals surface area contributed by atoms with Crippen molar-refractivity contribution in [3.63, 3.8) is 0 Å². The molecule has 2 heterocycles. The molecule has 0 aromatic heterocycles. The largest absolute Gasteiger partial charge is 0.493 e. The molecule has 9 heteroatoms. The van der Waals surface area contributed by atoms with Crippen molar-refractivity contribution in [1.29, 1.82) is 0 Å². The SMILES string of the molecule is COc1ccc(C2C(C(=O)OCc3ccccc3)=C(C)N=C3SC=C(CC(=O)NCC4CC4)N32)cc1OC. The van der Waals surface area contributed by atoms with Gasteiger partial charge in [-0.1, -0.05) is 48.2 Å². The number of methoxy groups -OCH3 is 2. The number of ether oxygens (including phenoxy) is 3. The summed E-state index contributed by atoms with van der Waals surface area (Å²) in [5, 5.41) is 5.69. The number of thioether (sulfide) groups is 1. The number of allylic oxidation sites excluding steroid dienone is 1. The second-order valence-electron chi connectivity index (χ2n) is 9.49. The number of benzene rings is 2. The highest BCUT2D eigenvalue weighted by molar-refractivity contribution is 8.16. The average Bonchev–Trinajstić information content (AvgIpc) is 3.70. The van der Waals surface area contributed by atoms with Gasteiger partial charge in [-0.15, -0.1) is 0 Å². The summed E-state index contributed by atoms with van der Waals surface area (Å²) < 4.78 is 16.8. The van der Waals surface area contributed by atoms with E-state index in [9.17, 15) is 9.59 Å². The number of fused-ring (bicyclic) bond motifs is 1. The van der Waals surface area contributed by atoms with Crippen LogP contribution in [-0.4, -0.2) is 42.7 Å². The van der Waals surface area contributed by atoms with E-state index in [4.69, 9.17) is 19.2 Å². The molecule has 1 fully saturated rings. The first kappa shape index (κ1) is 25.9. The van der Waals surface area contributed by atoms with Crippen molar-refractivity contribution < 1.29 is 23.8 Å². The number of carbonyl (C=O) groups excluding carboxylic acids is 2. The molecule has 5 rings (SSSR count). The van der Waals surface area contributed by atoms with E-state index >= 15 is 0 Å². The maximum absolute atomic E-state index is 13.6. The first-order valence-corrected chi connectivity index (χ1v) is 13.5. The second kappa shape index (κ2) is 11.3. The van der Waals surface area contributed by atoms with E-state index in [0.717, 1.165) is 16.8 Å². The van der Waals surface area contributed by atoms with Crippen LogP contribution in [0.15, 0.2) is 75.9 Å². The van der Waals surface area contributed by atoms with Gasteiger partial charge >= 0.3 is 5.97 Å². The standard InChI is InChI=1S/C29H31N3O5S/c1-18-26(28(34)37-16-20-7-5-4-6-8-20)27(21-11-12-23(35-2)24(13-21)36-3)32-22(17-38-29(32)31-18)14-25(33)30-15-19-9-10-19/h4-8,11-13,17,19,27H,9-10,14-16H2,1-3H3,(H,30,33). The topological polar surface area (TPSA) is 89.5 Å². The van der Waals surface area contributed by atoms with Gasteiger partial charge in [0.15, 0.2) is 16.7 Å². The average molecular weight is 534 g/mol. The molecule has 3 aliphatic rings. The molecule has 0 radical (unpaired) electrons. The highest BCUT2D eigenvalue weighted by Crippen LogP contribution is 2.46. The van der Waals surface area contributed by atoms with Crippen LogP contribution in [0.4, 0.5) is 0 Å². The third-order valence-electron chi connectivity index (χ3n) is 6.78. The molecule has 8 nitrogen and oxygen atoms in total. The molecule has 0 saturated heterocycles. The van der Waals surface area contributed by atoms with E-state index in [1.807, 2.05) is 65.8 Å². The number of carbonyl (C=O) groups is 2. The van der Waals surface area contributed by atoms with Crippen molar-refractivity contribution in [2.45, 2.75) is 38.8 Å². The summed E-state index contributed by atoms with van der Waals surface area (Å²) in [4.78, 5) is 33.1. The molecule has 1 aliphatic carbocycles. The number of hydrogen-bond acceptors (Lipinski definition) is 8. The van der Waals surface area contributed by atoms with Crippen LogP contribution in [0.3, 0.4) is 0 Å². The maximum atomic E-state index is 13.6. The Kier molecular flexibility index (Phi) is 7.74. The van der Waals surface area contributed by atoms with E-state index in [2.05, 4.69) is 5.32 Å². The lowest BCUT2D eigenvalue weighted by Gasteiger charge is -2.36. The van der Waals surface area contributed by atoms with Gasteiger partial charge in [0.25, 0.3) is 0 Å². The Hall–Kier alpha value is -3.72. The maximum Gasteiger partial charge on any atom is 0.338 e. The summed E-state index contributed by atoms with van der Waals surface area (Å²) in [6, 6.07) is 14.6. The molecule has 0 bridgehead atoms. The van der Waals surface area contributed by atoms with Crippen molar-refractivity contribution in [2.24, 2.45) is 10.9 Å². The minimum Gasteiger partial charge on any atom is -0.493 e. The fourth-order valence-corrected chi connectivity index (χ4v) is 5.54. The first-order chi connectivity index (χ1) is 18.5. The van der Waals surface area contributed by atoms with Crippen LogP contribution in [0.1, 0.15) is 43.4 Å². The normalized spacial score (nSPS) is 18.4. The van der Waals surface area contributed by atoms with Gasteiger partial charge in [0.1, 0.15) is 6.61 Å². The predicted molar refractivity (Wildman–Crippen MR) is 147 cm³/mol. The second-order valence-corrected chi connectivity index (χ2v) is 10.3. The van der Waals surface area contributed by atoms with Gasteiger partial charge in [-0.25, -0.2) is 9.79 Å². The Morgan fingerprint density at radius 2 is 1.84 bits per heavy atom. The number of hydrogen-bond donors (Lipinski definition) is 1. The van der Waals surface area contributed by atoms with Crippen LogP contribution >= 0.6 is 11.8 Å². The van der Waals surface area contributed by atoms with Crippen molar-refractivity contribution in [2.75, 3.05) is 20.8 Å². The molecule has 198 valence electrons. The Morgan fingerprint density at radius 1 is 1.08 bits per heavy atom. The smallest absolute Gasteiger partial charge is 0.338 e. The molecule has 0 spiro atoms. The Balaban J connectivity index is 1.47. The van der Waals surface area contributed by atoms with Crippen molar-refractivity contribution >= 4 is 28.8 Å². The fraction of sp³-hybridized carbons (Fsp3) is 0.345. The Labute approximate surface area is 226 Å². The van der Waals surface area contributed by atoms with Crippen LogP contribution in [-0.2, 0) is 20.9 Å². The van der Waals surface area contributed by atoms with Crippen LogP contribution in [0.5, 0.6) is 11.5 Å². The highest BCUT2D eigenvalue weighted by atomic mass is 32.2. The number of aliphatic imine (C=N–C) groups is 1. The molecule has 1 N–H and O–H groups in total. The van der Waals surface area contributed by atoms with Crippen LogP contribution in [0.2, 0.25) is 0 Å². The molecular formula is C29H31N3O5S. The molecular weight excluding hydrogens is 502 g/mol. The van der Waals surface area contributed by atoms with Gasteiger partial charge < -0.3 is 24.4 Å². The molecule has 1 unspecified atom stereocenters. The van der Waals surface area contributed by atoms with Crippen LogP contribution < -0.4 is 14.8 Å². The van der Waals surface area contributed by atoms with Crippen molar-refractivity contribution in [3.8, 4) is 11.5 Å². The molecule has 2 aromatic carbocycles. The molecule has 2 aliphatic heterocycles. The third-order valence-corrected chi connectivity index (χ3v) is 7.67. The summed E-state index contributed by atoms with van der Waals surface area (Å²) in [6.45, 7) is 2.67. The summed E-state index contributed by atoms with van der Waals surface area (Å²) >= 11 is 1.45. The van der Waals surface area contributed by atoms with Crippen LogP contribution in [0.25, 0.3) is 0 Å². The predicted octanol–water partition coefficient (Wildman–Crippen LogP) is 4.94. The lowest BCUT2D eigenvalue weighted by Crippen LogP contribution is -2.38. The molecule has 2 aromatic rings. The van der Waals surface area contributed by atoms with Crippen LogP contribution in [0, 0.1) is 5.92 Å². The monoisotopic (exact) mass is 533 g/mol. The van der Waals surface area contributed by atoms with Gasteiger partial charge in [0.2, 0.25) is 5.91 Å². The number of rotatable bonds is 10. The van der Waals surface area contributed by atoms with E-state index in [-0.39, 0.29) is 18.9 Å². The molecule has 1 saturated carbocycles. The lowest BCUT2D eigenvalue weighted by atomic mass is 9.93. The Morgan fingerprint density at radius 3 is 2.55 bits per heavy atom.